The van der Waals surface area contributed by atoms with Crippen molar-refractivity contribution in [1.82, 2.24) is 10.2 Å². The van der Waals surface area contributed by atoms with Crippen molar-refractivity contribution in [3.8, 4) is 5.75 Å². The zero-order chi connectivity index (χ0) is 21.6. The van der Waals surface area contributed by atoms with Crippen LogP contribution in [0.4, 0.5) is 5.69 Å². The van der Waals surface area contributed by atoms with Crippen LogP contribution >= 0.6 is 0 Å². The number of para-hydroxylation sites is 2. The molecule has 1 heterocycles. The first-order chi connectivity index (χ1) is 15.1. The number of methoxy groups -OCH3 is 1. The minimum absolute atomic E-state index is 0.161. The van der Waals surface area contributed by atoms with E-state index < -0.39 is 6.10 Å². The van der Waals surface area contributed by atoms with Gasteiger partial charge in [-0.1, -0.05) is 42.5 Å². The summed E-state index contributed by atoms with van der Waals surface area (Å²) >= 11 is 0. The Bertz CT molecular complexity index is 1030. The minimum atomic E-state index is -0.609. The number of hydrogen-bond donors (Lipinski definition) is 2. The fourth-order valence-electron chi connectivity index (χ4n) is 4.07. The van der Waals surface area contributed by atoms with E-state index in [9.17, 15) is 9.90 Å². The van der Waals surface area contributed by atoms with Crippen molar-refractivity contribution in [3.05, 3.63) is 72.3 Å². The molecule has 3 aromatic rings. The quantitative estimate of drug-likeness (QED) is 0.617. The predicted octanol–water partition coefficient (Wildman–Crippen LogP) is 2.76. The highest BCUT2D eigenvalue weighted by Crippen LogP contribution is 2.28. The summed E-state index contributed by atoms with van der Waals surface area (Å²) in [7, 11) is 1.69. The van der Waals surface area contributed by atoms with Gasteiger partial charge >= 0.3 is 0 Å². The molecule has 1 aliphatic rings. The van der Waals surface area contributed by atoms with Crippen molar-refractivity contribution >= 4 is 22.4 Å². The van der Waals surface area contributed by atoms with E-state index in [-0.39, 0.29) is 12.5 Å². The van der Waals surface area contributed by atoms with E-state index in [2.05, 4.69) is 21.2 Å². The average molecular weight is 420 g/mol. The van der Waals surface area contributed by atoms with Gasteiger partial charge in [0.15, 0.2) is 0 Å². The van der Waals surface area contributed by atoms with Crippen molar-refractivity contribution in [2.75, 3.05) is 51.3 Å². The van der Waals surface area contributed by atoms with Gasteiger partial charge in [0.1, 0.15) is 5.75 Å². The van der Waals surface area contributed by atoms with Crippen molar-refractivity contribution in [3.63, 3.8) is 0 Å². The molecule has 0 aliphatic carbocycles. The molecule has 31 heavy (non-hydrogen) atoms. The van der Waals surface area contributed by atoms with Crippen LogP contribution in [-0.4, -0.2) is 68.4 Å². The van der Waals surface area contributed by atoms with Crippen LogP contribution in [-0.2, 0) is 0 Å². The molecule has 162 valence electrons. The summed E-state index contributed by atoms with van der Waals surface area (Å²) in [4.78, 5) is 17.0. The number of aliphatic hydroxyl groups excluding tert-OH is 1. The molecule has 0 aromatic heterocycles. The van der Waals surface area contributed by atoms with Gasteiger partial charge in [-0.2, -0.15) is 0 Å². The molecule has 0 spiro atoms. The number of aliphatic hydroxyl groups is 1. The Labute approximate surface area is 183 Å². The summed E-state index contributed by atoms with van der Waals surface area (Å²) < 4.78 is 5.47. The first-order valence-electron chi connectivity index (χ1n) is 10.7. The summed E-state index contributed by atoms with van der Waals surface area (Å²) in [5.74, 6) is 0.721. The summed E-state index contributed by atoms with van der Waals surface area (Å²) in [6.45, 7) is 4.23. The van der Waals surface area contributed by atoms with Crippen LogP contribution < -0.4 is 15.0 Å². The number of nitrogens with one attached hydrogen (secondary N) is 1. The van der Waals surface area contributed by atoms with E-state index in [1.165, 1.54) is 0 Å². The molecule has 2 N–H and O–H groups in total. The Kier molecular flexibility index (Phi) is 6.70. The summed E-state index contributed by atoms with van der Waals surface area (Å²) in [6, 6.07) is 21.6. The largest absolute Gasteiger partial charge is 0.495 e. The number of rotatable bonds is 7. The van der Waals surface area contributed by atoms with E-state index in [0.717, 1.165) is 48.4 Å². The van der Waals surface area contributed by atoms with Gasteiger partial charge in [0.2, 0.25) is 0 Å². The number of fused-ring (bicyclic) bond motifs is 1. The molecule has 0 saturated carbocycles. The van der Waals surface area contributed by atoms with Crippen LogP contribution in [0.15, 0.2) is 66.7 Å². The van der Waals surface area contributed by atoms with Crippen molar-refractivity contribution in [2.45, 2.75) is 6.10 Å². The molecule has 6 nitrogen and oxygen atoms in total. The molecule has 1 amide bonds. The van der Waals surface area contributed by atoms with Crippen molar-refractivity contribution < 1.29 is 14.6 Å². The predicted molar refractivity (Wildman–Crippen MR) is 124 cm³/mol. The van der Waals surface area contributed by atoms with Crippen LogP contribution in [0.1, 0.15) is 10.4 Å². The maximum Gasteiger partial charge on any atom is 0.251 e. The molecule has 1 unspecified atom stereocenters. The number of piperazine rings is 1. The number of carbonyl (C=O) groups excluding carboxylic acids is 1. The lowest BCUT2D eigenvalue weighted by Gasteiger charge is -2.37. The van der Waals surface area contributed by atoms with Gasteiger partial charge in [0.05, 0.1) is 18.9 Å². The van der Waals surface area contributed by atoms with Crippen molar-refractivity contribution in [2.24, 2.45) is 0 Å². The SMILES string of the molecule is COc1ccccc1N1CCN(CC(O)CNC(=O)c2ccc3ccccc3c2)CC1. The first-order valence-corrected chi connectivity index (χ1v) is 10.7. The van der Waals surface area contributed by atoms with Gasteiger partial charge in [-0.3, -0.25) is 9.69 Å². The van der Waals surface area contributed by atoms with E-state index in [0.29, 0.717) is 12.1 Å². The van der Waals surface area contributed by atoms with Gasteiger partial charge in [0.25, 0.3) is 5.91 Å². The fourth-order valence-corrected chi connectivity index (χ4v) is 4.07. The van der Waals surface area contributed by atoms with Gasteiger partial charge in [-0.25, -0.2) is 0 Å². The van der Waals surface area contributed by atoms with E-state index in [1.54, 1.807) is 7.11 Å². The lowest BCUT2D eigenvalue weighted by molar-refractivity contribution is 0.0851. The lowest BCUT2D eigenvalue weighted by atomic mass is 10.1. The molecular weight excluding hydrogens is 390 g/mol. The van der Waals surface area contributed by atoms with E-state index in [4.69, 9.17) is 4.74 Å². The molecule has 1 atom stereocenters. The van der Waals surface area contributed by atoms with Crippen LogP contribution in [0.3, 0.4) is 0 Å². The van der Waals surface area contributed by atoms with E-state index >= 15 is 0 Å². The third kappa shape index (κ3) is 5.16. The smallest absolute Gasteiger partial charge is 0.251 e. The zero-order valence-corrected chi connectivity index (χ0v) is 17.8. The molecule has 0 bridgehead atoms. The molecule has 1 saturated heterocycles. The Hall–Kier alpha value is -3.09. The molecule has 1 aliphatic heterocycles. The number of carbonyl (C=O) groups is 1. The number of hydrogen-bond acceptors (Lipinski definition) is 5. The number of amides is 1. The second-order valence-corrected chi connectivity index (χ2v) is 7.89. The number of nitrogens with zero attached hydrogens (tertiary/aromatic N) is 2. The fraction of sp³-hybridized carbons (Fsp3) is 0.320. The highest BCUT2D eigenvalue weighted by molar-refractivity contribution is 5.98. The van der Waals surface area contributed by atoms with Gasteiger partial charge in [-0.05, 0) is 35.0 Å². The van der Waals surface area contributed by atoms with Gasteiger partial charge in [0, 0.05) is 44.8 Å². The van der Waals surface area contributed by atoms with Crippen molar-refractivity contribution in [1.29, 1.82) is 0 Å². The average Bonchev–Trinajstić information content (AvgIpc) is 2.82. The molecular formula is C25H29N3O3. The number of β-amino-alcohol motifs (C(OH)–C–C–N with tert-alkyl or cyclic N) is 1. The number of anilines is 1. The Balaban J connectivity index is 1.24. The maximum absolute atomic E-state index is 12.5. The second-order valence-electron chi connectivity index (χ2n) is 7.89. The van der Waals surface area contributed by atoms with Gasteiger partial charge in [-0.15, -0.1) is 0 Å². The van der Waals surface area contributed by atoms with Crippen LogP contribution in [0.25, 0.3) is 10.8 Å². The van der Waals surface area contributed by atoms with Crippen LogP contribution in [0.2, 0.25) is 0 Å². The third-order valence-corrected chi connectivity index (χ3v) is 5.78. The number of benzene rings is 3. The monoisotopic (exact) mass is 419 g/mol. The topological polar surface area (TPSA) is 65.0 Å². The summed E-state index contributed by atoms with van der Waals surface area (Å²) in [5.41, 5.74) is 1.71. The van der Waals surface area contributed by atoms with Gasteiger partial charge < -0.3 is 20.1 Å². The van der Waals surface area contributed by atoms with Crippen LogP contribution in [0.5, 0.6) is 5.75 Å². The second kappa shape index (κ2) is 9.81. The zero-order valence-electron chi connectivity index (χ0n) is 17.8. The molecule has 0 radical (unpaired) electrons. The minimum Gasteiger partial charge on any atom is -0.495 e. The Morgan fingerprint density at radius 2 is 1.71 bits per heavy atom. The van der Waals surface area contributed by atoms with E-state index in [1.807, 2.05) is 60.7 Å². The summed E-state index contributed by atoms with van der Waals surface area (Å²) in [5, 5.41) is 15.4. The number of ether oxygens (including phenoxy) is 1. The molecule has 4 rings (SSSR count). The molecule has 3 aromatic carbocycles. The Morgan fingerprint density at radius 1 is 1.00 bits per heavy atom. The molecule has 6 heteroatoms. The first kappa shape index (κ1) is 21.2. The highest BCUT2D eigenvalue weighted by atomic mass is 16.5. The standard InChI is InChI=1S/C25H29N3O3/c1-31-24-9-5-4-8-23(24)28-14-12-27(13-15-28)18-22(29)17-26-25(30)21-11-10-19-6-2-3-7-20(19)16-21/h2-11,16,22,29H,12-15,17-18H2,1H3,(H,26,30). The third-order valence-electron chi connectivity index (χ3n) is 5.78. The summed E-state index contributed by atoms with van der Waals surface area (Å²) in [6.07, 6.45) is -0.609. The lowest BCUT2D eigenvalue weighted by Crippen LogP contribution is -2.50. The van der Waals surface area contributed by atoms with Crippen LogP contribution in [0, 0.1) is 0 Å². The maximum atomic E-state index is 12.5. The Morgan fingerprint density at radius 3 is 2.48 bits per heavy atom. The highest BCUT2D eigenvalue weighted by Gasteiger charge is 2.21. The normalized spacial score (nSPS) is 15.6. The molecule has 1 fully saturated rings.